The van der Waals surface area contributed by atoms with E-state index < -0.39 is 0 Å². The fourth-order valence-electron chi connectivity index (χ4n) is 1.77. The van der Waals surface area contributed by atoms with Crippen molar-refractivity contribution in [1.82, 2.24) is 5.32 Å². The second kappa shape index (κ2) is 7.80. The van der Waals surface area contributed by atoms with E-state index in [-0.39, 0.29) is 6.10 Å². The average Bonchev–Trinajstić information content (AvgIpc) is 2.30. The van der Waals surface area contributed by atoms with Gasteiger partial charge in [-0.3, -0.25) is 0 Å². The van der Waals surface area contributed by atoms with Crippen LogP contribution in [0.2, 0.25) is 0 Å². The summed E-state index contributed by atoms with van der Waals surface area (Å²) in [5.74, 6) is 0.958. The molecule has 1 aromatic carbocycles. The molecule has 0 aliphatic heterocycles. The van der Waals surface area contributed by atoms with Crippen LogP contribution in [-0.4, -0.2) is 12.1 Å². The van der Waals surface area contributed by atoms with Crippen LogP contribution in [0.15, 0.2) is 22.7 Å². The van der Waals surface area contributed by atoms with Gasteiger partial charge >= 0.3 is 0 Å². The van der Waals surface area contributed by atoms with Gasteiger partial charge in [-0.25, -0.2) is 0 Å². The number of halogens is 1. The molecule has 2 nitrogen and oxygen atoms in total. The molecule has 0 spiro atoms. The number of benzene rings is 1. The van der Waals surface area contributed by atoms with E-state index in [0.717, 1.165) is 29.6 Å². The Balaban J connectivity index is 2.67. The van der Waals surface area contributed by atoms with Gasteiger partial charge in [0.2, 0.25) is 0 Å². The molecule has 1 atom stereocenters. The summed E-state index contributed by atoms with van der Waals surface area (Å²) >= 11 is 3.58. The van der Waals surface area contributed by atoms with E-state index in [1.165, 1.54) is 5.56 Å². The molecule has 1 aromatic rings. The summed E-state index contributed by atoms with van der Waals surface area (Å²) in [4.78, 5) is 0. The molecule has 1 rings (SSSR count). The Hall–Kier alpha value is -0.540. The van der Waals surface area contributed by atoms with Crippen LogP contribution in [0.1, 0.15) is 46.1 Å². The molecule has 0 aromatic heterocycles. The molecule has 0 saturated carbocycles. The average molecular weight is 314 g/mol. The fraction of sp³-hybridized carbons (Fsp3) is 0.600. The summed E-state index contributed by atoms with van der Waals surface area (Å²) in [6.07, 6.45) is 2.52. The molecule has 0 amide bonds. The van der Waals surface area contributed by atoms with Gasteiger partial charge in [0.25, 0.3) is 0 Å². The first-order chi connectivity index (χ1) is 8.52. The highest BCUT2D eigenvalue weighted by molar-refractivity contribution is 9.10. The van der Waals surface area contributed by atoms with Crippen molar-refractivity contribution in [1.29, 1.82) is 0 Å². The fourth-order valence-corrected chi connectivity index (χ4v) is 2.16. The maximum absolute atomic E-state index is 5.91. The topological polar surface area (TPSA) is 21.3 Å². The Labute approximate surface area is 119 Å². The molecule has 18 heavy (non-hydrogen) atoms. The van der Waals surface area contributed by atoms with Gasteiger partial charge in [-0.05, 0) is 37.1 Å². The first-order valence-electron chi connectivity index (χ1n) is 6.71. The standard InChI is InChI=1S/C15H24BrNO/c1-5-6-12(4)18-14-7-8-15(16)13(9-14)10-17-11(2)3/h7-9,11-12,17H,5-6,10H2,1-4H3. The summed E-state index contributed by atoms with van der Waals surface area (Å²) in [5, 5.41) is 3.42. The lowest BCUT2D eigenvalue weighted by molar-refractivity contribution is 0.209. The Morgan fingerprint density at radius 1 is 1.28 bits per heavy atom. The highest BCUT2D eigenvalue weighted by atomic mass is 79.9. The van der Waals surface area contributed by atoms with Gasteiger partial charge in [0.15, 0.2) is 0 Å². The van der Waals surface area contributed by atoms with E-state index in [2.05, 4.69) is 61.1 Å². The maximum Gasteiger partial charge on any atom is 0.120 e. The van der Waals surface area contributed by atoms with E-state index in [9.17, 15) is 0 Å². The van der Waals surface area contributed by atoms with E-state index in [1.807, 2.05) is 6.07 Å². The molecule has 0 saturated heterocycles. The van der Waals surface area contributed by atoms with E-state index in [0.29, 0.717) is 6.04 Å². The molecule has 0 radical (unpaired) electrons. The molecule has 0 aliphatic rings. The maximum atomic E-state index is 5.91. The summed E-state index contributed by atoms with van der Waals surface area (Å²) in [6, 6.07) is 6.69. The molecular weight excluding hydrogens is 290 g/mol. The highest BCUT2D eigenvalue weighted by Gasteiger charge is 2.06. The number of ether oxygens (including phenoxy) is 1. The zero-order valence-corrected chi connectivity index (χ0v) is 13.4. The SMILES string of the molecule is CCCC(C)Oc1ccc(Br)c(CNC(C)C)c1. The second-order valence-corrected chi connectivity index (χ2v) is 5.86. The zero-order chi connectivity index (χ0) is 13.5. The normalized spacial score (nSPS) is 12.8. The van der Waals surface area contributed by atoms with Crippen molar-refractivity contribution < 1.29 is 4.74 Å². The van der Waals surface area contributed by atoms with Crippen molar-refractivity contribution in [2.45, 2.75) is 59.2 Å². The summed E-state index contributed by atoms with van der Waals surface area (Å²) in [5.41, 5.74) is 1.24. The van der Waals surface area contributed by atoms with Crippen molar-refractivity contribution >= 4 is 15.9 Å². The first kappa shape index (κ1) is 15.5. The first-order valence-corrected chi connectivity index (χ1v) is 7.50. The quantitative estimate of drug-likeness (QED) is 0.799. The second-order valence-electron chi connectivity index (χ2n) is 5.01. The smallest absolute Gasteiger partial charge is 0.120 e. The minimum Gasteiger partial charge on any atom is -0.491 e. The van der Waals surface area contributed by atoms with Gasteiger partial charge < -0.3 is 10.1 Å². The number of hydrogen-bond acceptors (Lipinski definition) is 2. The van der Waals surface area contributed by atoms with Crippen LogP contribution in [0.25, 0.3) is 0 Å². The van der Waals surface area contributed by atoms with E-state index >= 15 is 0 Å². The van der Waals surface area contributed by atoms with Crippen molar-refractivity contribution in [3.63, 3.8) is 0 Å². The third-order valence-corrected chi connectivity index (χ3v) is 3.52. The van der Waals surface area contributed by atoms with E-state index in [4.69, 9.17) is 4.74 Å². The van der Waals surface area contributed by atoms with Gasteiger partial charge in [0.1, 0.15) is 5.75 Å². The monoisotopic (exact) mass is 313 g/mol. The molecule has 0 fully saturated rings. The van der Waals surface area contributed by atoms with Crippen LogP contribution in [0, 0.1) is 0 Å². The largest absolute Gasteiger partial charge is 0.491 e. The molecule has 3 heteroatoms. The molecule has 1 unspecified atom stereocenters. The van der Waals surface area contributed by atoms with Crippen molar-refractivity contribution in [2.24, 2.45) is 0 Å². The number of rotatable bonds is 7. The van der Waals surface area contributed by atoms with Gasteiger partial charge in [-0.2, -0.15) is 0 Å². The minimum atomic E-state index is 0.280. The molecule has 102 valence electrons. The lowest BCUT2D eigenvalue weighted by Gasteiger charge is -2.16. The van der Waals surface area contributed by atoms with E-state index in [1.54, 1.807) is 0 Å². The lowest BCUT2D eigenvalue weighted by atomic mass is 10.2. The minimum absolute atomic E-state index is 0.280. The molecule has 0 aliphatic carbocycles. The highest BCUT2D eigenvalue weighted by Crippen LogP contribution is 2.24. The molecule has 0 heterocycles. The van der Waals surface area contributed by atoms with Gasteiger partial charge in [-0.15, -0.1) is 0 Å². The van der Waals surface area contributed by atoms with Gasteiger partial charge in [-0.1, -0.05) is 43.1 Å². The Morgan fingerprint density at radius 3 is 2.61 bits per heavy atom. The predicted molar refractivity (Wildman–Crippen MR) is 81.1 cm³/mol. The summed E-state index contributed by atoms with van der Waals surface area (Å²) in [6.45, 7) is 9.46. The van der Waals surface area contributed by atoms with Crippen molar-refractivity contribution in [3.05, 3.63) is 28.2 Å². The predicted octanol–water partition coefficient (Wildman–Crippen LogP) is 4.51. The zero-order valence-electron chi connectivity index (χ0n) is 11.8. The number of hydrogen-bond donors (Lipinski definition) is 1. The Bertz CT molecular complexity index is 366. The third-order valence-electron chi connectivity index (χ3n) is 2.75. The van der Waals surface area contributed by atoms with Crippen molar-refractivity contribution in [3.8, 4) is 5.75 Å². The van der Waals surface area contributed by atoms with Crippen LogP contribution in [0.4, 0.5) is 0 Å². The van der Waals surface area contributed by atoms with Gasteiger partial charge in [0.05, 0.1) is 6.10 Å². The van der Waals surface area contributed by atoms with Crippen LogP contribution in [0.3, 0.4) is 0 Å². The van der Waals surface area contributed by atoms with Crippen LogP contribution < -0.4 is 10.1 Å². The third kappa shape index (κ3) is 5.40. The summed E-state index contributed by atoms with van der Waals surface area (Å²) < 4.78 is 7.04. The molecule has 1 N–H and O–H groups in total. The van der Waals surface area contributed by atoms with Crippen LogP contribution in [0.5, 0.6) is 5.75 Å². The Morgan fingerprint density at radius 2 is 2.00 bits per heavy atom. The van der Waals surface area contributed by atoms with Gasteiger partial charge in [0, 0.05) is 17.1 Å². The lowest BCUT2D eigenvalue weighted by Crippen LogP contribution is -2.22. The molecule has 0 bridgehead atoms. The summed E-state index contributed by atoms with van der Waals surface area (Å²) in [7, 11) is 0. The van der Waals surface area contributed by atoms with Crippen LogP contribution in [-0.2, 0) is 6.54 Å². The number of nitrogens with one attached hydrogen (secondary N) is 1. The van der Waals surface area contributed by atoms with Crippen molar-refractivity contribution in [2.75, 3.05) is 0 Å². The Kier molecular flexibility index (Phi) is 6.72. The van der Waals surface area contributed by atoms with Crippen LogP contribution >= 0.6 is 15.9 Å². The molecular formula is C15H24BrNO.